The first-order valence-electron chi connectivity index (χ1n) is 3.41. The van der Waals surface area contributed by atoms with Gasteiger partial charge in [0.05, 0.1) is 12.8 Å². The Labute approximate surface area is 71.2 Å². The van der Waals surface area contributed by atoms with Gasteiger partial charge in [0.15, 0.2) is 0 Å². The number of rotatable bonds is 2. The first-order chi connectivity index (χ1) is 5.64. The highest BCUT2D eigenvalue weighted by Gasteiger charge is 2.34. The average molecular weight is 206 g/mol. The number of halogens is 6. The van der Waals surface area contributed by atoms with Crippen LogP contribution < -0.4 is 0 Å². The van der Waals surface area contributed by atoms with Gasteiger partial charge in [-0.05, 0) is 6.92 Å². The van der Waals surface area contributed by atoms with Crippen molar-refractivity contribution in [2.24, 2.45) is 0 Å². The van der Waals surface area contributed by atoms with E-state index < -0.39 is 30.8 Å². The first kappa shape index (κ1) is 12.3. The van der Waals surface area contributed by atoms with Crippen molar-refractivity contribution >= 4 is 0 Å². The molecule has 0 aliphatic heterocycles. The standard InChI is InChI=1S/C7H8F6/c1-2-5(3-6(8,9)10)4-7(11,12)13/h2H,3-4H2,1H3. The minimum atomic E-state index is -4.58. The maximum Gasteiger partial charge on any atom is 0.392 e. The van der Waals surface area contributed by atoms with Crippen LogP contribution in [0.3, 0.4) is 0 Å². The topological polar surface area (TPSA) is 0 Å². The molecule has 0 fully saturated rings. The Bertz CT molecular complexity index is 166. The lowest BCUT2D eigenvalue weighted by molar-refractivity contribution is -0.142. The van der Waals surface area contributed by atoms with Gasteiger partial charge in [-0.1, -0.05) is 11.6 Å². The highest BCUT2D eigenvalue weighted by molar-refractivity contribution is 5.03. The van der Waals surface area contributed by atoms with Crippen LogP contribution in [0.1, 0.15) is 19.8 Å². The number of alkyl halides is 6. The largest absolute Gasteiger partial charge is 0.392 e. The summed E-state index contributed by atoms with van der Waals surface area (Å²) in [5, 5.41) is 0. The summed E-state index contributed by atoms with van der Waals surface area (Å²) in [7, 11) is 0. The van der Waals surface area contributed by atoms with E-state index >= 15 is 0 Å². The fourth-order valence-corrected chi connectivity index (χ4v) is 0.782. The van der Waals surface area contributed by atoms with E-state index in [1.807, 2.05) is 0 Å². The minimum absolute atomic E-state index is 0.653. The summed E-state index contributed by atoms with van der Waals surface area (Å²) in [6.07, 6.45) is -11.3. The second kappa shape index (κ2) is 4.02. The third-order valence-corrected chi connectivity index (χ3v) is 1.26. The molecule has 0 aromatic heterocycles. The van der Waals surface area contributed by atoms with Crippen LogP contribution in [0, 0.1) is 0 Å². The van der Waals surface area contributed by atoms with E-state index in [-0.39, 0.29) is 0 Å². The SMILES string of the molecule is CC=C(CC(F)(F)F)CC(F)(F)F. The molecule has 0 unspecified atom stereocenters. The molecule has 0 radical (unpaired) electrons. The molecule has 13 heavy (non-hydrogen) atoms. The summed E-state index contributed by atoms with van der Waals surface area (Å²) < 4.78 is 70.0. The average Bonchev–Trinajstić information content (AvgIpc) is 1.79. The zero-order chi connectivity index (χ0) is 10.7. The molecule has 0 saturated carbocycles. The molecule has 0 atom stereocenters. The van der Waals surface area contributed by atoms with Crippen LogP contribution in [0.5, 0.6) is 0 Å². The molecule has 0 aliphatic carbocycles. The molecule has 78 valence electrons. The van der Waals surface area contributed by atoms with Gasteiger partial charge in [0.2, 0.25) is 0 Å². The van der Waals surface area contributed by atoms with Gasteiger partial charge >= 0.3 is 12.4 Å². The minimum Gasteiger partial charge on any atom is -0.171 e. The quantitative estimate of drug-likeness (QED) is 0.475. The van der Waals surface area contributed by atoms with Crippen LogP contribution in [-0.4, -0.2) is 12.4 Å². The van der Waals surface area contributed by atoms with Gasteiger partial charge in [-0.25, -0.2) is 0 Å². The second-order valence-electron chi connectivity index (χ2n) is 2.53. The molecule has 0 aliphatic rings. The zero-order valence-electron chi connectivity index (χ0n) is 6.76. The summed E-state index contributed by atoms with van der Waals surface area (Å²) in [5.74, 6) is 0. The van der Waals surface area contributed by atoms with E-state index in [1.54, 1.807) is 0 Å². The molecule has 0 saturated heterocycles. The lowest BCUT2D eigenvalue weighted by Gasteiger charge is -2.12. The van der Waals surface area contributed by atoms with Crippen molar-refractivity contribution in [1.82, 2.24) is 0 Å². The van der Waals surface area contributed by atoms with Crippen LogP contribution >= 0.6 is 0 Å². The van der Waals surface area contributed by atoms with E-state index in [4.69, 9.17) is 0 Å². The summed E-state index contributed by atoms with van der Waals surface area (Å²) in [4.78, 5) is 0. The predicted octanol–water partition coefficient (Wildman–Crippen LogP) is 3.84. The van der Waals surface area contributed by atoms with Crippen LogP contribution in [-0.2, 0) is 0 Å². The summed E-state index contributed by atoms with van der Waals surface area (Å²) in [6, 6.07) is 0. The molecule has 0 rings (SSSR count). The Morgan fingerprint density at radius 2 is 1.23 bits per heavy atom. The monoisotopic (exact) mass is 206 g/mol. The predicted molar refractivity (Wildman–Crippen MR) is 35.1 cm³/mol. The number of hydrogen-bond acceptors (Lipinski definition) is 0. The van der Waals surface area contributed by atoms with Crippen molar-refractivity contribution in [3.8, 4) is 0 Å². The summed E-state index contributed by atoms with van der Waals surface area (Å²) in [6.45, 7) is 1.16. The van der Waals surface area contributed by atoms with Crippen molar-refractivity contribution < 1.29 is 26.3 Å². The van der Waals surface area contributed by atoms with Gasteiger partial charge < -0.3 is 0 Å². The van der Waals surface area contributed by atoms with Crippen LogP contribution in [0.4, 0.5) is 26.3 Å². The molecular formula is C7H8F6. The maximum absolute atomic E-state index is 11.7. The summed E-state index contributed by atoms with van der Waals surface area (Å²) in [5.41, 5.74) is -0.653. The Morgan fingerprint density at radius 3 is 1.38 bits per heavy atom. The molecule has 0 aromatic carbocycles. The lowest BCUT2D eigenvalue weighted by Crippen LogP contribution is -2.14. The molecule has 6 heteroatoms. The molecule has 0 heterocycles. The van der Waals surface area contributed by atoms with Crippen molar-refractivity contribution in [2.75, 3.05) is 0 Å². The highest BCUT2D eigenvalue weighted by Crippen LogP contribution is 2.31. The fraction of sp³-hybridized carbons (Fsp3) is 0.714. The van der Waals surface area contributed by atoms with E-state index in [1.165, 1.54) is 0 Å². The van der Waals surface area contributed by atoms with Crippen LogP contribution in [0.2, 0.25) is 0 Å². The summed E-state index contributed by atoms with van der Waals surface area (Å²) >= 11 is 0. The Balaban J connectivity index is 4.24. The Kier molecular flexibility index (Phi) is 3.81. The van der Waals surface area contributed by atoms with Crippen LogP contribution in [0.15, 0.2) is 11.6 Å². The van der Waals surface area contributed by atoms with E-state index in [9.17, 15) is 26.3 Å². The van der Waals surface area contributed by atoms with Crippen molar-refractivity contribution in [3.05, 3.63) is 11.6 Å². The second-order valence-corrected chi connectivity index (χ2v) is 2.53. The Hall–Kier alpha value is -0.680. The lowest BCUT2D eigenvalue weighted by atomic mass is 10.1. The van der Waals surface area contributed by atoms with Crippen LogP contribution in [0.25, 0.3) is 0 Å². The normalized spacial score (nSPS) is 12.8. The number of allylic oxidation sites excluding steroid dienone is 2. The van der Waals surface area contributed by atoms with Gasteiger partial charge in [0, 0.05) is 0 Å². The first-order valence-corrected chi connectivity index (χ1v) is 3.41. The number of hydrogen-bond donors (Lipinski definition) is 0. The van der Waals surface area contributed by atoms with Gasteiger partial charge in [-0.3, -0.25) is 0 Å². The molecule has 0 nitrogen and oxygen atoms in total. The fourth-order valence-electron chi connectivity index (χ4n) is 0.782. The zero-order valence-corrected chi connectivity index (χ0v) is 6.76. The molecule has 0 spiro atoms. The smallest absolute Gasteiger partial charge is 0.171 e. The van der Waals surface area contributed by atoms with Gasteiger partial charge in [-0.15, -0.1) is 0 Å². The van der Waals surface area contributed by atoms with Crippen molar-refractivity contribution in [1.29, 1.82) is 0 Å². The van der Waals surface area contributed by atoms with E-state index in [0.29, 0.717) is 0 Å². The molecule has 0 N–H and O–H groups in total. The van der Waals surface area contributed by atoms with Crippen molar-refractivity contribution in [3.63, 3.8) is 0 Å². The third-order valence-electron chi connectivity index (χ3n) is 1.26. The molecule has 0 bridgehead atoms. The van der Waals surface area contributed by atoms with Gasteiger partial charge in [0.25, 0.3) is 0 Å². The molecular weight excluding hydrogens is 198 g/mol. The molecule has 0 aromatic rings. The third kappa shape index (κ3) is 7.67. The maximum atomic E-state index is 11.7. The van der Waals surface area contributed by atoms with E-state index in [2.05, 4.69) is 0 Å². The van der Waals surface area contributed by atoms with E-state index in [0.717, 1.165) is 13.0 Å². The highest BCUT2D eigenvalue weighted by atomic mass is 19.4. The van der Waals surface area contributed by atoms with Crippen molar-refractivity contribution in [2.45, 2.75) is 32.1 Å². The van der Waals surface area contributed by atoms with Gasteiger partial charge in [-0.2, -0.15) is 26.3 Å². The Morgan fingerprint density at radius 1 is 0.923 bits per heavy atom. The molecule has 0 amide bonds. The van der Waals surface area contributed by atoms with Gasteiger partial charge in [0.1, 0.15) is 0 Å².